The fraction of sp³-hybridized carbons (Fsp3) is 0.0667. The topological polar surface area (TPSA) is 61.7 Å². The van der Waals surface area contributed by atoms with Gasteiger partial charge in [0.05, 0.1) is 0 Å². The first-order valence-electron chi connectivity index (χ1n) is 6.01. The van der Waals surface area contributed by atoms with E-state index in [1.807, 2.05) is 0 Å². The summed E-state index contributed by atoms with van der Waals surface area (Å²) in [6, 6.07) is 12.1. The van der Waals surface area contributed by atoms with Gasteiger partial charge in [-0.05, 0) is 35.9 Å². The van der Waals surface area contributed by atoms with Crippen LogP contribution in [-0.2, 0) is 6.42 Å². The third kappa shape index (κ3) is 3.65. The highest BCUT2D eigenvalue weighted by Crippen LogP contribution is 2.14. The van der Waals surface area contributed by atoms with Gasteiger partial charge in [0.2, 0.25) is 0 Å². The van der Waals surface area contributed by atoms with Gasteiger partial charge in [-0.2, -0.15) is 5.10 Å². The van der Waals surface area contributed by atoms with Crippen LogP contribution < -0.4 is 5.43 Å². The van der Waals surface area contributed by atoms with Crippen LogP contribution in [0.15, 0.2) is 53.6 Å². The first kappa shape index (κ1) is 13.7. The molecular formula is C15H13FN2O2. The van der Waals surface area contributed by atoms with E-state index in [2.05, 4.69) is 10.5 Å². The number of hydrogen-bond acceptors (Lipinski definition) is 3. The number of para-hydroxylation sites is 1. The fourth-order valence-electron chi connectivity index (χ4n) is 1.60. The van der Waals surface area contributed by atoms with Crippen molar-refractivity contribution in [3.05, 3.63) is 65.5 Å². The highest BCUT2D eigenvalue weighted by molar-refractivity contribution is 5.94. The summed E-state index contributed by atoms with van der Waals surface area (Å²) in [6.45, 7) is 0. The number of halogens is 1. The largest absolute Gasteiger partial charge is 0.508 e. The molecular weight excluding hydrogens is 259 g/mol. The second kappa shape index (κ2) is 6.47. The average molecular weight is 272 g/mol. The van der Waals surface area contributed by atoms with Gasteiger partial charge in [0, 0.05) is 18.2 Å². The minimum atomic E-state index is -0.418. The van der Waals surface area contributed by atoms with Crippen LogP contribution in [0.3, 0.4) is 0 Å². The van der Waals surface area contributed by atoms with Crippen molar-refractivity contribution < 1.29 is 14.3 Å². The van der Waals surface area contributed by atoms with Crippen LogP contribution in [-0.4, -0.2) is 17.2 Å². The van der Waals surface area contributed by atoms with Gasteiger partial charge in [0.25, 0.3) is 5.91 Å². The van der Waals surface area contributed by atoms with Crippen molar-refractivity contribution in [1.82, 2.24) is 5.43 Å². The molecule has 0 radical (unpaired) electrons. The molecule has 0 aliphatic carbocycles. The summed E-state index contributed by atoms with van der Waals surface area (Å²) in [6.07, 6.45) is 1.88. The summed E-state index contributed by atoms with van der Waals surface area (Å²) in [5, 5.41) is 13.3. The molecule has 0 aliphatic rings. The zero-order chi connectivity index (χ0) is 14.4. The first-order chi connectivity index (χ1) is 9.66. The Labute approximate surface area is 115 Å². The molecule has 0 spiro atoms. The van der Waals surface area contributed by atoms with E-state index >= 15 is 0 Å². The molecule has 2 aromatic rings. The molecule has 2 N–H and O–H groups in total. The van der Waals surface area contributed by atoms with Crippen molar-refractivity contribution >= 4 is 12.1 Å². The minimum absolute atomic E-state index is 0.184. The van der Waals surface area contributed by atoms with Crippen LogP contribution in [0.2, 0.25) is 0 Å². The van der Waals surface area contributed by atoms with E-state index < -0.39 is 11.7 Å². The van der Waals surface area contributed by atoms with Crippen LogP contribution >= 0.6 is 0 Å². The molecule has 1 amide bonds. The highest BCUT2D eigenvalue weighted by atomic mass is 19.1. The van der Waals surface area contributed by atoms with Crippen molar-refractivity contribution in [1.29, 1.82) is 0 Å². The Hall–Kier alpha value is -2.69. The molecule has 2 rings (SSSR count). The molecule has 20 heavy (non-hydrogen) atoms. The number of phenols is 1. The summed E-state index contributed by atoms with van der Waals surface area (Å²) in [7, 11) is 0. The van der Waals surface area contributed by atoms with Gasteiger partial charge in [-0.25, -0.2) is 9.82 Å². The number of phenolic OH excluding ortho intramolecular Hbond substituents is 1. The molecule has 0 heterocycles. The molecule has 0 aromatic heterocycles. The fourth-order valence-corrected chi connectivity index (χ4v) is 1.60. The van der Waals surface area contributed by atoms with E-state index in [0.29, 0.717) is 17.5 Å². The number of rotatable bonds is 4. The molecule has 5 heteroatoms. The lowest BCUT2D eigenvalue weighted by Crippen LogP contribution is -2.17. The first-order valence-corrected chi connectivity index (χ1v) is 6.01. The molecule has 4 nitrogen and oxygen atoms in total. The lowest BCUT2D eigenvalue weighted by Gasteiger charge is -2.01. The van der Waals surface area contributed by atoms with Gasteiger partial charge in [-0.3, -0.25) is 4.79 Å². The molecule has 0 atom stereocenters. The Morgan fingerprint density at radius 2 is 1.90 bits per heavy atom. The van der Waals surface area contributed by atoms with E-state index in [4.69, 9.17) is 0 Å². The van der Waals surface area contributed by atoms with Crippen molar-refractivity contribution in [2.75, 3.05) is 0 Å². The summed E-state index contributed by atoms with van der Waals surface area (Å²) in [5.41, 5.74) is 3.37. The molecule has 0 unspecified atom stereocenters. The predicted octanol–water partition coefficient (Wildman–Crippen LogP) is 2.49. The van der Waals surface area contributed by atoms with Gasteiger partial charge < -0.3 is 5.11 Å². The number of hydrazone groups is 1. The van der Waals surface area contributed by atoms with Crippen LogP contribution in [0.5, 0.6) is 5.75 Å². The van der Waals surface area contributed by atoms with Crippen LogP contribution in [0, 0.1) is 5.82 Å². The van der Waals surface area contributed by atoms with E-state index in [1.165, 1.54) is 30.5 Å². The van der Waals surface area contributed by atoms with Gasteiger partial charge in [-0.1, -0.05) is 18.2 Å². The number of nitrogens with zero attached hydrogens (tertiary/aromatic N) is 1. The molecule has 0 saturated heterocycles. The SMILES string of the molecule is O=C(NN=CCc1ccccc1O)c1ccc(F)cc1. The molecule has 0 fully saturated rings. The smallest absolute Gasteiger partial charge is 0.271 e. The zero-order valence-electron chi connectivity index (χ0n) is 10.6. The van der Waals surface area contributed by atoms with Crippen LogP contribution in [0.4, 0.5) is 4.39 Å². The van der Waals surface area contributed by atoms with Crippen molar-refractivity contribution in [2.45, 2.75) is 6.42 Å². The number of aromatic hydroxyl groups is 1. The third-order valence-corrected chi connectivity index (χ3v) is 2.67. The van der Waals surface area contributed by atoms with Crippen LogP contribution in [0.25, 0.3) is 0 Å². The maximum atomic E-state index is 12.7. The predicted molar refractivity (Wildman–Crippen MR) is 74.2 cm³/mol. The van der Waals surface area contributed by atoms with E-state index in [9.17, 15) is 14.3 Å². The molecule has 102 valence electrons. The van der Waals surface area contributed by atoms with E-state index in [1.54, 1.807) is 24.3 Å². The van der Waals surface area contributed by atoms with Gasteiger partial charge >= 0.3 is 0 Å². The summed E-state index contributed by atoms with van der Waals surface area (Å²) in [5.74, 6) is -0.632. The van der Waals surface area contributed by atoms with Gasteiger partial charge in [0.1, 0.15) is 11.6 Å². The van der Waals surface area contributed by atoms with Gasteiger partial charge in [0.15, 0.2) is 0 Å². The second-order valence-corrected chi connectivity index (χ2v) is 4.09. The van der Waals surface area contributed by atoms with Crippen molar-refractivity contribution in [3.8, 4) is 5.75 Å². The minimum Gasteiger partial charge on any atom is -0.508 e. The number of nitrogens with one attached hydrogen (secondary N) is 1. The number of carbonyl (C=O) groups is 1. The lowest BCUT2D eigenvalue weighted by molar-refractivity contribution is 0.0955. The molecule has 2 aromatic carbocycles. The van der Waals surface area contributed by atoms with Gasteiger partial charge in [-0.15, -0.1) is 0 Å². The Kier molecular flexibility index (Phi) is 4.44. The lowest BCUT2D eigenvalue weighted by atomic mass is 10.1. The van der Waals surface area contributed by atoms with E-state index in [-0.39, 0.29) is 5.75 Å². The van der Waals surface area contributed by atoms with Crippen molar-refractivity contribution in [3.63, 3.8) is 0 Å². The summed E-state index contributed by atoms with van der Waals surface area (Å²) in [4.78, 5) is 11.6. The average Bonchev–Trinajstić information content (AvgIpc) is 2.46. The monoisotopic (exact) mass is 272 g/mol. The Balaban J connectivity index is 1.89. The molecule has 0 saturated carbocycles. The quantitative estimate of drug-likeness (QED) is 0.663. The second-order valence-electron chi connectivity index (χ2n) is 4.09. The van der Waals surface area contributed by atoms with Crippen molar-refractivity contribution in [2.24, 2.45) is 5.10 Å². The standard InChI is InChI=1S/C15H13FN2O2/c16-13-7-5-12(6-8-13)15(20)18-17-10-9-11-3-1-2-4-14(11)19/h1-8,10,19H,9H2,(H,18,20). The summed E-state index contributed by atoms with van der Waals surface area (Å²) < 4.78 is 12.7. The summed E-state index contributed by atoms with van der Waals surface area (Å²) >= 11 is 0. The normalized spacial score (nSPS) is 10.7. The highest BCUT2D eigenvalue weighted by Gasteiger charge is 2.03. The number of amides is 1. The molecule has 0 bridgehead atoms. The number of carbonyl (C=O) groups excluding carboxylic acids is 1. The number of benzene rings is 2. The molecule has 0 aliphatic heterocycles. The Bertz CT molecular complexity index is 624. The van der Waals surface area contributed by atoms with Crippen LogP contribution in [0.1, 0.15) is 15.9 Å². The zero-order valence-corrected chi connectivity index (χ0v) is 10.6. The maximum Gasteiger partial charge on any atom is 0.271 e. The Morgan fingerprint density at radius 1 is 1.20 bits per heavy atom. The number of hydrogen-bond donors (Lipinski definition) is 2. The maximum absolute atomic E-state index is 12.7. The Morgan fingerprint density at radius 3 is 2.60 bits per heavy atom. The third-order valence-electron chi connectivity index (χ3n) is 2.67. The van der Waals surface area contributed by atoms with E-state index in [0.717, 1.165) is 0 Å².